The van der Waals surface area contributed by atoms with Crippen LogP contribution in [-0.2, 0) is 6.42 Å². The third-order valence-electron chi connectivity index (χ3n) is 4.10. The van der Waals surface area contributed by atoms with Crippen LogP contribution >= 0.6 is 11.3 Å². The Morgan fingerprint density at radius 2 is 2.00 bits per heavy atom. The molecule has 2 heterocycles. The zero-order valence-corrected chi connectivity index (χ0v) is 12.5. The van der Waals surface area contributed by atoms with E-state index in [4.69, 9.17) is 15.2 Å². The molecule has 5 heteroatoms. The predicted octanol–water partition coefficient (Wildman–Crippen LogP) is 3.59. The van der Waals surface area contributed by atoms with Gasteiger partial charge in [0.15, 0.2) is 11.5 Å². The van der Waals surface area contributed by atoms with E-state index in [1.54, 1.807) is 0 Å². The summed E-state index contributed by atoms with van der Waals surface area (Å²) in [4.78, 5) is 1.50. The molecule has 21 heavy (non-hydrogen) atoms. The predicted molar refractivity (Wildman–Crippen MR) is 85.5 cm³/mol. The zero-order chi connectivity index (χ0) is 14.2. The lowest BCUT2D eigenvalue weighted by Crippen LogP contribution is -2.18. The van der Waals surface area contributed by atoms with Gasteiger partial charge in [-0.1, -0.05) is 0 Å². The molecule has 110 valence electrons. The molecule has 0 amide bonds. The molecule has 0 fully saturated rings. The third-order valence-corrected chi connectivity index (χ3v) is 5.09. The number of hydrogen-bond acceptors (Lipinski definition) is 5. The maximum absolute atomic E-state index is 6.16. The molecule has 0 saturated heterocycles. The summed E-state index contributed by atoms with van der Waals surface area (Å²) in [5, 5.41) is 5.77. The van der Waals surface area contributed by atoms with Crippen LogP contribution in [0.15, 0.2) is 23.6 Å². The topological polar surface area (TPSA) is 56.5 Å². The molecule has 1 aliphatic heterocycles. The summed E-state index contributed by atoms with van der Waals surface area (Å²) in [6.45, 7) is 1.18. The van der Waals surface area contributed by atoms with Crippen LogP contribution in [0.1, 0.15) is 29.3 Å². The van der Waals surface area contributed by atoms with Crippen LogP contribution in [-0.4, -0.2) is 13.2 Å². The standard InChI is InChI=1S/C16H18N2O2S/c17-11-8-14-15(20-6-5-19-14)9-13(11)18-12-2-1-3-16-10(12)4-7-21-16/h4,7-9,12,18H,1-3,5-6,17H2. The number of anilines is 2. The number of nitrogens with two attached hydrogens (primary N) is 1. The number of ether oxygens (including phenoxy) is 2. The summed E-state index contributed by atoms with van der Waals surface area (Å²) in [7, 11) is 0. The van der Waals surface area contributed by atoms with Gasteiger partial charge in [0, 0.05) is 17.0 Å². The molecule has 0 radical (unpaired) electrons. The average Bonchev–Trinajstić information content (AvgIpc) is 2.97. The molecule has 1 aromatic carbocycles. The van der Waals surface area contributed by atoms with E-state index in [9.17, 15) is 0 Å². The maximum Gasteiger partial charge on any atom is 0.163 e. The second-order valence-corrected chi connectivity index (χ2v) is 6.47. The normalized spacial score (nSPS) is 19.9. The van der Waals surface area contributed by atoms with Gasteiger partial charge < -0.3 is 20.5 Å². The Hall–Kier alpha value is -1.88. The summed E-state index contributed by atoms with van der Waals surface area (Å²) in [5.74, 6) is 1.52. The molecule has 1 unspecified atom stereocenters. The summed E-state index contributed by atoms with van der Waals surface area (Å²) < 4.78 is 11.2. The van der Waals surface area contributed by atoms with Gasteiger partial charge in [-0.15, -0.1) is 11.3 Å². The number of thiophene rings is 1. The quantitative estimate of drug-likeness (QED) is 0.832. The lowest BCUT2D eigenvalue weighted by atomic mass is 9.94. The number of nitrogens with one attached hydrogen (secondary N) is 1. The number of fused-ring (bicyclic) bond motifs is 2. The first-order chi connectivity index (χ1) is 10.3. The van der Waals surface area contributed by atoms with E-state index in [0.29, 0.717) is 24.9 Å². The van der Waals surface area contributed by atoms with Crippen molar-refractivity contribution in [3.05, 3.63) is 34.0 Å². The Kier molecular flexibility index (Phi) is 3.15. The molecule has 4 nitrogen and oxygen atoms in total. The molecule has 2 aliphatic rings. The van der Waals surface area contributed by atoms with E-state index >= 15 is 0 Å². The van der Waals surface area contributed by atoms with Crippen LogP contribution in [0.25, 0.3) is 0 Å². The van der Waals surface area contributed by atoms with Crippen molar-refractivity contribution in [2.24, 2.45) is 0 Å². The number of hydrogen-bond donors (Lipinski definition) is 2. The molecule has 0 spiro atoms. The van der Waals surface area contributed by atoms with E-state index < -0.39 is 0 Å². The zero-order valence-electron chi connectivity index (χ0n) is 11.7. The smallest absolute Gasteiger partial charge is 0.163 e. The monoisotopic (exact) mass is 302 g/mol. The maximum atomic E-state index is 6.16. The van der Waals surface area contributed by atoms with E-state index in [0.717, 1.165) is 23.6 Å². The average molecular weight is 302 g/mol. The summed E-state index contributed by atoms with van der Waals surface area (Å²) in [5.41, 5.74) is 9.22. The number of nitrogen functional groups attached to an aromatic ring is 1. The van der Waals surface area contributed by atoms with Crippen molar-refractivity contribution in [3.8, 4) is 11.5 Å². The summed E-state index contributed by atoms with van der Waals surface area (Å²) in [6.07, 6.45) is 3.55. The number of benzene rings is 1. The number of aryl methyl sites for hydroxylation is 1. The lowest BCUT2D eigenvalue weighted by molar-refractivity contribution is 0.172. The van der Waals surface area contributed by atoms with E-state index in [2.05, 4.69) is 16.8 Å². The minimum absolute atomic E-state index is 0.338. The summed E-state index contributed by atoms with van der Waals surface area (Å²) in [6, 6.07) is 6.38. The van der Waals surface area contributed by atoms with Gasteiger partial charge in [0.2, 0.25) is 0 Å². The van der Waals surface area contributed by atoms with Gasteiger partial charge >= 0.3 is 0 Å². The molecule has 2 aromatic rings. The Morgan fingerprint density at radius 3 is 2.86 bits per heavy atom. The fraction of sp³-hybridized carbons (Fsp3) is 0.375. The summed E-state index contributed by atoms with van der Waals surface area (Å²) >= 11 is 1.85. The van der Waals surface area contributed by atoms with Crippen molar-refractivity contribution in [2.45, 2.75) is 25.3 Å². The van der Waals surface area contributed by atoms with Crippen molar-refractivity contribution < 1.29 is 9.47 Å². The van der Waals surface area contributed by atoms with Gasteiger partial charge in [0.25, 0.3) is 0 Å². The number of rotatable bonds is 2. The Morgan fingerprint density at radius 1 is 1.19 bits per heavy atom. The molecule has 3 N–H and O–H groups in total. The second-order valence-electron chi connectivity index (χ2n) is 5.47. The molecular weight excluding hydrogens is 284 g/mol. The van der Waals surface area contributed by atoms with E-state index in [1.165, 1.54) is 23.3 Å². The largest absolute Gasteiger partial charge is 0.486 e. The van der Waals surface area contributed by atoms with Gasteiger partial charge in [-0.3, -0.25) is 0 Å². The van der Waals surface area contributed by atoms with Crippen LogP contribution in [0.3, 0.4) is 0 Å². The SMILES string of the molecule is Nc1cc2c(cc1NC1CCCc3sccc31)OCCO2. The van der Waals surface area contributed by atoms with Gasteiger partial charge in [-0.2, -0.15) is 0 Å². The Bertz CT molecular complexity index is 668. The van der Waals surface area contributed by atoms with Crippen LogP contribution in [0.4, 0.5) is 11.4 Å². The minimum atomic E-state index is 0.338. The van der Waals surface area contributed by atoms with Crippen molar-refractivity contribution in [3.63, 3.8) is 0 Å². The van der Waals surface area contributed by atoms with Gasteiger partial charge in [0.05, 0.1) is 17.4 Å². The third kappa shape index (κ3) is 2.31. The molecule has 1 atom stereocenters. The molecule has 1 aliphatic carbocycles. The minimum Gasteiger partial charge on any atom is -0.486 e. The first-order valence-electron chi connectivity index (χ1n) is 7.33. The molecule has 0 bridgehead atoms. The highest BCUT2D eigenvalue weighted by molar-refractivity contribution is 7.10. The van der Waals surface area contributed by atoms with Crippen molar-refractivity contribution >= 4 is 22.7 Å². The Labute approximate surface area is 127 Å². The highest BCUT2D eigenvalue weighted by Gasteiger charge is 2.23. The fourth-order valence-corrected chi connectivity index (χ4v) is 4.04. The van der Waals surface area contributed by atoms with Crippen LogP contribution in [0.2, 0.25) is 0 Å². The Balaban J connectivity index is 1.63. The lowest BCUT2D eigenvalue weighted by Gasteiger charge is -2.27. The first kappa shape index (κ1) is 12.8. The highest BCUT2D eigenvalue weighted by atomic mass is 32.1. The molecule has 1 aromatic heterocycles. The van der Waals surface area contributed by atoms with Crippen molar-refractivity contribution in [2.75, 3.05) is 24.3 Å². The van der Waals surface area contributed by atoms with Crippen LogP contribution in [0, 0.1) is 0 Å². The first-order valence-corrected chi connectivity index (χ1v) is 8.21. The van der Waals surface area contributed by atoms with Gasteiger partial charge in [-0.05, 0) is 36.3 Å². The van der Waals surface area contributed by atoms with E-state index in [1.807, 2.05) is 23.5 Å². The van der Waals surface area contributed by atoms with Gasteiger partial charge in [0.1, 0.15) is 13.2 Å². The van der Waals surface area contributed by atoms with Crippen molar-refractivity contribution in [1.82, 2.24) is 0 Å². The van der Waals surface area contributed by atoms with Crippen molar-refractivity contribution in [1.29, 1.82) is 0 Å². The molecule has 0 saturated carbocycles. The highest BCUT2D eigenvalue weighted by Crippen LogP contribution is 2.41. The van der Waals surface area contributed by atoms with E-state index in [-0.39, 0.29) is 0 Å². The molecular formula is C16H18N2O2S. The second kappa shape index (κ2) is 5.15. The fourth-order valence-electron chi connectivity index (χ4n) is 3.05. The van der Waals surface area contributed by atoms with Crippen LogP contribution in [0.5, 0.6) is 11.5 Å². The van der Waals surface area contributed by atoms with Gasteiger partial charge in [-0.25, -0.2) is 0 Å². The molecule has 4 rings (SSSR count). The van der Waals surface area contributed by atoms with Crippen LogP contribution < -0.4 is 20.5 Å².